The molecule has 2 aromatic rings. The molecule has 1 heterocycles. The predicted molar refractivity (Wildman–Crippen MR) is 107 cm³/mol. The average molecular weight is 351 g/mol. The minimum atomic E-state index is 0.286. The zero-order valence-electron chi connectivity index (χ0n) is 16.1. The lowest BCUT2D eigenvalue weighted by Crippen LogP contribution is -2.03. The lowest BCUT2D eigenvalue weighted by atomic mass is 9.95. The van der Waals surface area contributed by atoms with E-state index in [1.165, 1.54) is 32.1 Å². The number of nitrogens with zero attached hydrogens (tertiary/aromatic N) is 2. The Hall–Kier alpha value is -2.54. The van der Waals surface area contributed by atoms with Crippen molar-refractivity contribution in [2.24, 2.45) is 0 Å². The second-order valence-electron chi connectivity index (χ2n) is 6.71. The van der Waals surface area contributed by atoms with Gasteiger partial charge in [0.2, 0.25) is 0 Å². The van der Waals surface area contributed by atoms with E-state index in [2.05, 4.69) is 18.0 Å². The van der Waals surface area contributed by atoms with E-state index in [0.29, 0.717) is 5.56 Å². The molecule has 0 spiro atoms. The molecular weight excluding hydrogens is 322 g/mol. The minimum Gasteiger partial charge on any atom is -0.494 e. The fourth-order valence-corrected chi connectivity index (χ4v) is 3.08. The Morgan fingerprint density at radius 3 is 2.35 bits per heavy atom. The number of nitriles is 1. The Bertz CT molecular complexity index is 760. The molecule has 0 aliphatic heterocycles. The summed E-state index contributed by atoms with van der Waals surface area (Å²) in [7, 11) is 0. The number of rotatable bonds is 9. The van der Waals surface area contributed by atoms with Crippen molar-refractivity contribution >= 4 is 5.82 Å². The van der Waals surface area contributed by atoms with E-state index < -0.39 is 0 Å². The van der Waals surface area contributed by atoms with Gasteiger partial charge in [0.15, 0.2) is 0 Å². The van der Waals surface area contributed by atoms with Crippen LogP contribution in [0.25, 0.3) is 11.1 Å². The van der Waals surface area contributed by atoms with Gasteiger partial charge in [-0.2, -0.15) is 5.26 Å². The van der Waals surface area contributed by atoms with Crippen LogP contribution in [0.3, 0.4) is 0 Å². The van der Waals surface area contributed by atoms with Gasteiger partial charge in [0.25, 0.3) is 0 Å². The van der Waals surface area contributed by atoms with Crippen LogP contribution in [0.2, 0.25) is 0 Å². The summed E-state index contributed by atoms with van der Waals surface area (Å²) in [4.78, 5) is 4.25. The van der Waals surface area contributed by atoms with Gasteiger partial charge in [-0.05, 0) is 43.5 Å². The third kappa shape index (κ3) is 4.98. The fraction of sp³-hybridized carbons (Fsp3) is 0.455. The minimum absolute atomic E-state index is 0.286. The Labute approximate surface area is 157 Å². The monoisotopic (exact) mass is 351 g/mol. The summed E-state index contributed by atoms with van der Waals surface area (Å²) in [6, 6.07) is 10.1. The molecule has 1 aromatic heterocycles. The molecule has 2 rings (SSSR count). The summed E-state index contributed by atoms with van der Waals surface area (Å²) in [6.07, 6.45) is 7.51. The van der Waals surface area contributed by atoms with Gasteiger partial charge in [-0.15, -0.1) is 0 Å². The lowest BCUT2D eigenvalue weighted by molar-refractivity contribution is 0.304. The Kier molecular flexibility index (Phi) is 7.47. The van der Waals surface area contributed by atoms with Crippen LogP contribution in [0.15, 0.2) is 24.3 Å². The van der Waals surface area contributed by atoms with E-state index in [0.717, 1.165) is 41.2 Å². The molecule has 1 aromatic carbocycles. The van der Waals surface area contributed by atoms with E-state index in [9.17, 15) is 5.26 Å². The van der Waals surface area contributed by atoms with Gasteiger partial charge >= 0.3 is 0 Å². The maximum Gasteiger partial charge on any atom is 0.142 e. The van der Waals surface area contributed by atoms with Gasteiger partial charge < -0.3 is 10.5 Å². The number of unbranched alkanes of at least 4 members (excludes halogenated alkanes) is 5. The summed E-state index contributed by atoms with van der Waals surface area (Å²) in [5.74, 6) is 1.14. The molecule has 4 nitrogen and oxygen atoms in total. The number of aryl methyl sites for hydroxylation is 1. The molecule has 0 radical (unpaired) electrons. The van der Waals surface area contributed by atoms with E-state index in [1.54, 1.807) is 0 Å². The Morgan fingerprint density at radius 2 is 1.69 bits per heavy atom. The molecule has 0 amide bonds. The molecule has 26 heavy (non-hydrogen) atoms. The van der Waals surface area contributed by atoms with E-state index >= 15 is 0 Å². The number of ether oxygens (including phenoxy) is 1. The molecular formula is C22H29N3O. The molecule has 0 unspecified atom stereocenters. The van der Waals surface area contributed by atoms with Crippen LogP contribution in [0, 0.1) is 25.2 Å². The first kappa shape index (κ1) is 19.8. The molecule has 0 saturated heterocycles. The first-order valence-corrected chi connectivity index (χ1v) is 9.48. The second-order valence-corrected chi connectivity index (χ2v) is 6.71. The summed E-state index contributed by atoms with van der Waals surface area (Å²) in [5, 5.41) is 9.46. The second kappa shape index (κ2) is 9.82. The number of hydrogen-bond acceptors (Lipinski definition) is 4. The summed E-state index contributed by atoms with van der Waals surface area (Å²) < 4.78 is 5.84. The van der Waals surface area contributed by atoms with Crippen LogP contribution in [0.4, 0.5) is 5.82 Å². The topological polar surface area (TPSA) is 71.9 Å². The molecule has 138 valence electrons. The maximum absolute atomic E-state index is 9.46. The Balaban J connectivity index is 2.01. The van der Waals surface area contributed by atoms with E-state index in [1.807, 2.05) is 38.1 Å². The molecule has 2 N–H and O–H groups in total. The SMILES string of the molecule is CCCCCCCCOc1ccc(-c2c(C)c(C)nc(N)c2C#N)cc1. The highest BCUT2D eigenvalue weighted by Gasteiger charge is 2.15. The molecule has 0 saturated carbocycles. The van der Waals surface area contributed by atoms with Crippen molar-refractivity contribution in [3.8, 4) is 22.9 Å². The van der Waals surface area contributed by atoms with E-state index in [-0.39, 0.29) is 5.82 Å². The third-order valence-corrected chi connectivity index (χ3v) is 4.73. The summed E-state index contributed by atoms with van der Waals surface area (Å²) >= 11 is 0. The largest absolute Gasteiger partial charge is 0.494 e. The van der Waals surface area contributed by atoms with Crippen LogP contribution >= 0.6 is 0 Å². The molecule has 0 aliphatic carbocycles. The van der Waals surface area contributed by atoms with Gasteiger partial charge in [0.05, 0.1) is 6.61 Å². The molecule has 0 bridgehead atoms. The number of hydrogen-bond donors (Lipinski definition) is 1. The van der Waals surface area contributed by atoms with Crippen molar-refractivity contribution in [2.45, 2.75) is 59.3 Å². The number of nitrogens with two attached hydrogens (primary N) is 1. The number of anilines is 1. The van der Waals surface area contributed by atoms with Crippen molar-refractivity contribution in [1.29, 1.82) is 5.26 Å². The van der Waals surface area contributed by atoms with Gasteiger partial charge in [-0.1, -0.05) is 51.2 Å². The third-order valence-electron chi connectivity index (χ3n) is 4.73. The number of benzene rings is 1. The van der Waals surface area contributed by atoms with Gasteiger partial charge in [-0.25, -0.2) is 4.98 Å². The Morgan fingerprint density at radius 1 is 1.04 bits per heavy atom. The van der Waals surface area contributed by atoms with E-state index in [4.69, 9.17) is 10.5 Å². The number of aromatic nitrogens is 1. The van der Waals surface area contributed by atoms with Crippen molar-refractivity contribution in [3.63, 3.8) is 0 Å². The molecule has 4 heteroatoms. The van der Waals surface area contributed by atoms with Gasteiger partial charge in [0.1, 0.15) is 23.2 Å². The van der Waals surface area contributed by atoms with Crippen molar-refractivity contribution in [3.05, 3.63) is 41.1 Å². The fourth-order valence-electron chi connectivity index (χ4n) is 3.08. The van der Waals surface area contributed by atoms with Crippen LogP contribution < -0.4 is 10.5 Å². The highest BCUT2D eigenvalue weighted by Crippen LogP contribution is 2.32. The summed E-state index contributed by atoms with van der Waals surface area (Å²) in [5.41, 5.74) is 10.0. The normalized spacial score (nSPS) is 10.5. The quantitative estimate of drug-likeness (QED) is 0.600. The highest BCUT2D eigenvalue weighted by molar-refractivity contribution is 5.79. The predicted octanol–water partition coefficient (Wildman–Crippen LogP) is 5.56. The molecule has 0 atom stereocenters. The van der Waals surface area contributed by atoms with Crippen LogP contribution in [0.1, 0.15) is 62.3 Å². The van der Waals surface area contributed by atoms with Gasteiger partial charge in [-0.3, -0.25) is 0 Å². The van der Waals surface area contributed by atoms with Crippen LogP contribution in [0.5, 0.6) is 5.75 Å². The highest BCUT2D eigenvalue weighted by atomic mass is 16.5. The molecule has 0 aliphatic rings. The zero-order valence-corrected chi connectivity index (χ0v) is 16.1. The van der Waals surface area contributed by atoms with Crippen molar-refractivity contribution in [1.82, 2.24) is 4.98 Å². The maximum atomic E-state index is 9.46. The average Bonchev–Trinajstić information content (AvgIpc) is 2.64. The lowest BCUT2D eigenvalue weighted by Gasteiger charge is -2.13. The van der Waals surface area contributed by atoms with Crippen molar-refractivity contribution < 1.29 is 4.74 Å². The van der Waals surface area contributed by atoms with Crippen LogP contribution in [-0.4, -0.2) is 11.6 Å². The number of nitrogen functional groups attached to an aromatic ring is 1. The van der Waals surface area contributed by atoms with Crippen molar-refractivity contribution in [2.75, 3.05) is 12.3 Å². The molecule has 0 fully saturated rings. The first-order chi connectivity index (χ1) is 12.6. The van der Waals surface area contributed by atoms with Gasteiger partial charge in [0, 0.05) is 11.3 Å². The first-order valence-electron chi connectivity index (χ1n) is 9.48. The number of pyridine rings is 1. The standard InChI is InChI=1S/C22H29N3O/c1-4-5-6-7-8-9-14-26-19-12-10-18(11-13-19)21-16(2)17(3)25-22(24)20(21)15-23/h10-13H,4-9,14H2,1-3H3,(H2,24,25). The summed E-state index contributed by atoms with van der Waals surface area (Å²) in [6.45, 7) is 6.86. The van der Waals surface area contributed by atoms with Crippen LogP contribution in [-0.2, 0) is 0 Å². The smallest absolute Gasteiger partial charge is 0.142 e. The zero-order chi connectivity index (χ0) is 18.9.